The summed E-state index contributed by atoms with van der Waals surface area (Å²) in [4.78, 5) is 25.5. The van der Waals surface area contributed by atoms with E-state index in [4.69, 9.17) is 9.47 Å². The van der Waals surface area contributed by atoms with E-state index < -0.39 is 0 Å². The molecule has 2 amide bonds. The Labute approximate surface area is 134 Å². The Bertz CT molecular complexity index is 602. The van der Waals surface area contributed by atoms with Crippen molar-refractivity contribution in [3.63, 3.8) is 0 Å². The highest BCUT2D eigenvalue weighted by Crippen LogP contribution is 2.36. The van der Waals surface area contributed by atoms with Crippen LogP contribution in [0.1, 0.15) is 23.3 Å². The molecule has 3 heterocycles. The molecule has 23 heavy (non-hydrogen) atoms. The van der Waals surface area contributed by atoms with Crippen molar-refractivity contribution in [2.45, 2.75) is 24.5 Å². The molecule has 2 fully saturated rings. The summed E-state index contributed by atoms with van der Waals surface area (Å²) >= 11 is 0. The monoisotopic (exact) mass is 322 g/mol. The van der Waals surface area contributed by atoms with Crippen LogP contribution < -0.4 is 5.32 Å². The highest BCUT2D eigenvalue weighted by molar-refractivity contribution is 5.92. The number of amides is 2. The number of aryl methyl sites for hydroxylation is 1. The van der Waals surface area contributed by atoms with Crippen molar-refractivity contribution in [1.29, 1.82) is 0 Å². The van der Waals surface area contributed by atoms with E-state index >= 15 is 0 Å². The van der Waals surface area contributed by atoms with E-state index in [-0.39, 0.29) is 30.1 Å². The Morgan fingerprint density at radius 2 is 2.39 bits per heavy atom. The van der Waals surface area contributed by atoms with E-state index in [0.717, 1.165) is 6.42 Å². The number of aromatic nitrogens is 2. The minimum Gasteiger partial charge on any atom is -0.370 e. The van der Waals surface area contributed by atoms with Crippen molar-refractivity contribution in [2.24, 2.45) is 7.05 Å². The van der Waals surface area contributed by atoms with Gasteiger partial charge in [0.05, 0.1) is 24.9 Å². The Kier molecular flexibility index (Phi) is 4.36. The molecule has 2 atom stereocenters. The normalized spacial score (nSPS) is 26.9. The molecule has 0 saturated carbocycles. The van der Waals surface area contributed by atoms with Gasteiger partial charge in [0, 0.05) is 33.3 Å². The third kappa shape index (κ3) is 3.37. The van der Waals surface area contributed by atoms with Crippen LogP contribution in [0.5, 0.6) is 0 Å². The van der Waals surface area contributed by atoms with Crippen LogP contribution in [0, 0.1) is 0 Å². The number of carbonyl (C=O) groups is 2. The van der Waals surface area contributed by atoms with Gasteiger partial charge in [0.25, 0.3) is 5.91 Å². The first-order valence-corrected chi connectivity index (χ1v) is 7.76. The summed E-state index contributed by atoms with van der Waals surface area (Å²) in [5.74, 6) is -0.217. The van der Waals surface area contributed by atoms with E-state index in [1.807, 2.05) is 0 Å². The average Bonchev–Trinajstić information content (AvgIpc) is 3.26. The van der Waals surface area contributed by atoms with E-state index in [1.165, 1.54) is 0 Å². The van der Waals surface area contributed by atoms with E-state index in [1.54, 1.807) is 35.9 Å². The van der Waals surface area contributed by atoms with Crippen LogP contribution in [-0.2, 0) is 21.3 Å². The molecule has 0 bridgehead atoms. The van der Waals surface area contributed by atoms with Gasteiger partial charge in [-0.1, -0.05) is 0 Å². The first-order chi connectivity index (χ1) is 11.0. The fourth-order valence-corrected chi connectivity index (χ4v) is 3.17. The number of likely N-dealkylation sites (tertiary alicyclic amines) is 1. The third-order valence-corrected chi connectivity index (χ3v) is 4.44. The largest absolute Gasteiger partial charge is 0.370 e. The molecule has 1 aromatic heterocycles. The molecule has 8 nitrogen and oxygen atoms in total. The fraction of sp³-hybridized carbons (Fsp3) is 0.667. The van der Waals surface area contributed by atoms with Crippen molar-refractivity contribution in [2.75, 3.05) is 33.4 Å². The van der Waals surface area contributed by atoms with Gasteiger partial charge < -0.3 is 19.7 Å². The quantitative estimate of drug-likeness (QED) is 0.812. The van der Waals surface area contributed by atoms with Gasteiger partial charge in [0.1, 0.15) is 12.3 Å². The molecule has 1 spiro atoms. The molecule has 2 aliphatic rings. The molecule has 2 saturated heterocycles. The third-order valence-electron chi connectivity index (χ3n) is 4.44. The molecule has 0 unspecified atom stereocenters. The number of nitrogens with zero attached hydrogens (tertiary/aromatic N) is 3. The first kappa shape index (κ1) is 15.9. The van der Waals surface area contributed by atoms with Crippen LogP contribution in [-0.4, -0.2) is 71.6 Å². The zero-order valence-corrected chi connectivity index (χ0v) is 13.4. The number of nitrogens with one attached hydrogen (secondary N) is 1. The summed E-state index contributed by atoms with van der Waals surface area (Å²) < 4.78 is 13.1. The zero-order valence-electron chi connectivity index (χ0n) is 13.4. The van der Waals surface area contributed by atoms with Crippen LogP contribution >= 0.6 is 0 Å². The number of hydrogen-bond donors (Lipinski definition) is 1. The van der Waals surface area contributed by atoms with Gasteiger partial charge in [0.2, 0.25) is 5.91 Å². The van der Waals surface area contributed by atoms with Gasteiger partial charge in [-0.25, -0.2) is 0 Å². The summed E-state index contributed by atoms with van der Waals surface area (Å²) in [7, 11) is 3.37. The minimum atomic E-state index is -0.349. The maximum atomic E-state index is 12.4. The van der Waals surface area contributed by atoms with Gasteiger partial charge in [-0.2, -0.15) is 5.10 Å². The summed E-state index contributed by atoms with van der Waals surface area (Å²) in [5, 5.41) is 6.68. The second kappa shape index (κ2) is 6.29. The summed E-state index contributed by atoms with van der Waals surface area (Å²) in [6.45, 7) is 1.69. The van der Waals surface area contributed by atoms with Crippen molar-refractivity contribution < 1.29 is 19.1 Å². The number of rotatable bonds is 4. The predicted molar refractivity (Wildman–Crippen MR) is 80.8 cm³/mol. The van der Waals surface area contributed by atoms with Crippen molar-refractivity contribution in [3.8, 4) is 0 Å². The summed E-state index contributed by atoms with van der Waals surface area (Å²) in [6.07, 6.45) is 3.15. The van der Waals surface area contributed by atoms with Crippen LogP contribution in [0.15, 0.2) is 12.3 Å². The van der Waals surface area contributed by atoms with Crippen molar-refractivity contribution >= 4 is 11.8 Å². The molecule has 1 N–H and O–H groups in total. The zero-order chi connectivity index (χ0) is 16.4. The minimum absolute atomic E-state index is 0.0389. The van der Waals surface area contributed by atoms with Gasteiger partial charge in [-0.3, -0.25) is 14.3 Å². The molecular weight excluding hydrogens is 300 g/mol. The van der Waals surface area contributed by atoms with Crippen molar-refractivity contribution in [1.82, 2.24) is 20.0 Å². The summed E-state index contributed by atoms with van der Waals surface area (Å²) in [5.41, 5.74) is 0.104. The summed E-state index contributed by atoms with van der Waals surface area (Å²) in [6, 6.07) is 1.72. The molecule has 8 heteroatoms. The second-order valence-electron chi connectivity index (χ2n) is 6.16. The Hall–Kier alpha value is -1.93. The standard InChI is InChI=1S/C15H22N4O4/c1-16-13(20)9-22-11-7-15(23-8-11)4-6-19(10-15)14(21)12-3-5-18(2)17-12/h3,5,11H,4,6-10H2,1-2H3,(H,16,20)/t11-,15-/m1/s1. The van der Waals surface area contributed by atoms with Gasteiger partial charge >= 0.3 is 0 Å². The second-order valence-corrected chi connectivity index (χ2v) is 6.16. The molecule has 3 rings (SSSR count). The molecule has 0 radical (unpaired) electrons. The first-order valence-electron chi connectivity index (χ1n) is 7.76. The van der Waals surface area contributed by atoms with Crippen LogP contribution in [0.4, 0.5) is 0 Å². The van der Waals surface area contributed by atoms with Crippen molar-refractivity contribution in [3.05, 3.63) is 18.0 Å². The van der Waals surface area contributed by atoms with Crippen LogP contribution in [0.25, 0.3) is 0 Å². The number of hydrogen-bond acceptors (Lipinski definition) is 5. The number of ether oxygens (including phenoxy) is 2. The number of likely N-dealkylation sites (N-methyl/N-ethyl adjacent to an activating group) is 1. The van der Waals surface area contributed by atoms with E-state index in [9.17, 15) is 9.59 Å². The molecule has 0 aliphatic carbocycles. The maximum absolute atomic E-state index is 12.4. The Morgan fingerprint density at radius 1 is 1.57 bits per heavy atom. The maximum Gasteiger partial charge on any atom is 0.274 e. The lowest BCUT2D eigenvalue weighted by atomic mass is 9.98. The number of carbonyl (C=O) groups excluding carboxylic acids is 2. The topological polar surface area (TPSA) is 85.7 Å². The molecule has 1 aromatic rings. The SMILES string of the molecule is CNC(=O)CO[C@H]1CO[C@]2(CCN(C(=O)c3ccn(C)n3)C2)C1. The lowest BCUT2D eigenvalue weighted by Gasteiger charge is -2.23. The van der Waals surface area contributed by atoms with Crippen LogP contribution in [0.3, 0.4) is 0 Å². The Balaban J connectivity index is 1.55. The fourth-order valence-electron chi connectivity index (χ4n) is 3.17. The van der Waals surface area contributed by atoms with Gasteiger partial charge in [0.15, 0.2) is 0 Å². The van der Waals surface area contributed by atoms with Gasteiger partial charge in [-0.05, 0) is 12.5 Å². The predicted octanol–water partition coefficient (Wildman–Crippen LogP) is -0.444. The van der Waals surface area contributed by atoms with E-state index in [2.05, 4.69) is 10.4 Å². The lowest BCUT2D eigenvalue weighted by molar-refractivity contribution is -0.127. The van der Waals surface area contributed by atoms with Crippen LogP contribution in [0.2, 0.25) is 0 Å². The smallest absolute Gasteiger partial charge is 0.274 e. The highest BCUT2D eigenvalue weighted by Gasteiger charge is 2.47. The average molecular weight is 322 g/mol. The molecule has 2 aliphatic heterocycles. The highest BCUT2D eigenvalue weighted by atomic mass is 16.6. The lowest BCUT2D eigenvalue weighted by Crippen LogP contribution is -2.36. The molecule has 126 valence electrons. The molecule has 0 aromatic carbocycles. The van der Waals surface area contributed by atoms with E-state index in [0.29, 0.717) is 31.8 Å². The Morgan fingerprint density at radius 3 is 3.09 bits per heavy atom. The van der Waals surface area contributed by atoms with Gasteiger partial charge in [-0.15, -0.1) is 0 Å². The molecular formula is C15H22N4O4.